The van der Waals surface area contributed by atoms with Crippen molar-refractivity contribution in [1.29, 1.82) is 0 Å². The van der Waals surface area contributed by atoms with Crippen molar-refractivity contribution in [3.05, 3.63) is 0 Å². The second-order valence-electron chi connectivity index (χ2n) is 18.5. The molecule has 7 heteroatoms. The van der Waals surface area contributed by atoms with E-state index in [9.17, 15) is 0 Å². The summed E-state index contributed by atoms with van der Waals surface area (Å²) >= 11 is 0. The van der Waals surface area contributed by atoms with Crippen LogP contribution < -0.4 is 22.5 Å². The maximum Gasteiger partial charge on any atom is 0.0637 e. The van der Waals surface area contributed by atoms with Crippen LogP contribution in [0.2, 0.25) is 0 Å². The molecule has 4 saturated carbocycles. The predicted molar refractivity (Wildman–Crippen MR) is 219 cm³/mol. The zero-order valence-corrected chi connectivity index (χ0v) is 34.9. The summed E-state index contributed by atoms with van der Waals surface area (Å²) in [5.74, 6) is 3.92. The lowest BCUT2D eigenvalue weighted by Gasteiger charge is -2.65. The first-order valence-electron chi connectivity index (χ1n) is 23.0. The van der Waals surface area contributed by atoms with Crippen LogP contribution >= 0.6 is 0 Å². The van der Waals surface area contributed by atoms with Crippen molar-refractivity contribution in [2.75, 3.05) is 52.5 Å². The zero-order chi connectivity index (χ0) is 37.2. The molecule has 0 amide bonds. The Balaban J connectivity index is 1.36. The first-order chi connectivity index (χ1) is 25.3. The summed E-state index contributed by atoms with van der Waals surface area (Å²) in [6, 6.07) is 0. The molecule has 52 heavy (non-hydrogen) atoms. The van der Waals surface area contributed by atoms with Crippen LogP contribution in [0.1, 0.15) is 169 Å². The van der Waals surface area contributed by atoms with Gasteiger partial charge >= 0.3 is 0 Å². The minimum atomic E-state index is 0.180. The van der Waals surface area contributed by atoms with E-state index >= 15 is 0 Å². The van der Waals surface area contributed by atoms with Gasteiger partial charge < -0.3 is 36.7 Å². The van der Waals surface area contributed by atoms with Crippen LogP contribution in [0.4, 0.5) is 0 Å². The maximum absolute atomic E-state index is 7.06. The van der Waals surface area contributed by atoms with E-state index < -0.39 is 0 Å². The Bertz CT molecular complexity index is 940. The first kappa shape index (κ1) is 44.4. The van der Waals surface area contributed by atoms with Crippen molar-refractivity contribution >= 4 is 0 Å². The van der Waals surface area contributed by atoms with Crippen LogP contribution in [0, 0.1) is 46.3 Å². The standard InChI is InChI=1S/C45H88N4O3/c1-5-6-7-8-9-10-11-12-13-14-27-49-28-15-19-35(2)38-20-21-39-43-40(34-42(45(38,39)4)52-31-18-26-48)44(3)23-22-37(50-29-16-24-46)32-36(44)33-41(43)51-30-17-25-47/h35-43,49H,5-34,46-48H2,1-4H3/t35-,36?,37-,38-,39+,40+,41?,42+,43?,44+,45-/m1/s1. The van der Waals surface area contributed by atoms with Crippen LogP contribution in [0.3, 0.4) is 0 Å². The quantitative estimate of drug-likeness (QED) is 0.0594. The largest absolute Gasteiger partial charge is 0.378 e. The van der Waals surface area contributed by atoms with Crippen molar-refractivity contribution in [1.82, 2.24) is 5.32 Å². The maximum atomic E-state index is 7.06. The second kappa shape index (κ2) is 23.7. The molecule has 4 aliphatic carbocycles. The molecule has 4 aliphatic rings. The Kier molecular flexibility index (Phi) is 20.3. The molecular formula is C45H88N4O3. The van der Waals surface area contributed by atoms with Gasteiger partial charge in [0.15, 0.2) is 0 Å². The van der Waals surface area contributed by atoms with Gasteiger partial charge in [0.1, 0.15) is 0 Å². The third-order valence-corrected chi connectivity index (χ3v) is 15.2. The number of ether oxygens (including phenoxy) is 3. The molecule has 4 fully saturated rings. The predicted octanol–water partition coefficient (Wildman–Crippen LogP) is 8.99. The van der Waals surface area contributed by atoms with Gasteiger partial charge in [-0.15, -0.1) is 0 Å². The van der Waals surface area contributed by atoms with E-state index in [0.29, 0.717) is 78.9 Å². The summed E-state index contributed by atoms with van der Waals surface area (Å²) in [6.45, 7) is 17.0. The number of rotatable bonds is 28. The summed E-state index contributed by atoms with van der Waals surface area (Å²) < 4.78 is 20.4. The number of nitrogens with one attached hydrogen (secondary N) is 1. The highest BCUT2D eigenvalue weighted by Crippen LogP contribution is 2.69. The Hall–Kier alpha value is -0.280. The number of nitrogens with two attached hydrogens (primary N) is 3. The van der Waals surface area contributed by atoms with E-state index in [4.69, 9.17) is 31.4 Å². The van der Waals surface area contributed by atoms with Gasteiger partial charge in [-0.2, -0.15) is 0 Å². The lowest BCUT2D eigenvalue weighted by molar-refractivity contribution is -0.227. The van der Waals surface area contributed by atoms with Crippen molar-refractivity contribution in [3.63, 3.8) is 0 Å². The molecule has 0 aromatic carbocycles. The van der Waals surface area contributed by atoms with Crippen LogP contribution in [0.15, 0.2) is 0 Å². The van der Waals surface area contributed by atoms with Crippen LogP contribution in [-0.2, 0) is 14.2 Å². The molecule has 0 bridgehead atoms. The Labute approximate surface area is 322 Å². The lowest BCUT2D eigenvalue weighted by Crippen LogP contribution is -2.63. The topological polar surface area (TPSA) is 118 Å². The lowest BCUT2D eigenvalue weighted by atomic mass is 9.43. The normalized spacial score (nSPS) is 34.9. The van der Waals surface area contributed by atoms with Gasteiger partial charge in [-0.3, -0.25) is 0 Å². The highest BCUT2D eigenvalue weighted by Gasteiger charge is 2.66. The first-order valence-corrected chi connectivity index (χ1v) is 23.0. The molecule has 306 valence electrons. The SMILES string of the molecule is CCCCCCCCCCCCNCCC[C@@H](C)[C@H]1CC[C@H]2C3C(OCCCN)CC4C[C@H](OCCCN)CC[C@]4(C)[C@H]3C[C@H](OCCCN)[C@]12C. The van der Waals surface area contributed by atoms with Gasteiger partial charge in [0.2, 0.25) is 0 Å². The highest BCUT2D eigenvalue weighted by atomic mass is 16.5. The van der Waals surface area contributed by atoms with E-state index in [1.807, 2.05) is 0 Å². The number of unbranched alkanes of at least 4 members (excludes halogenated alkanes) is 9. The summed E-state index contributed by atoms with van der Waals surface area (Å²) in [4.78, 5) is 0. The monoisotopic (exact) mass is 733 g/mol. The summed E-state index contributed by atoms with van der Waals surface area (Å²) in [5, 5.41) is 3.80. The van der Waals surface area contributed by atoms with Crippen molar-refractivity contribution in [2.45, 2.75) is 187 Å². The fraction of sp³-hybridized carbons (Fsp3) is 1.00. The minimum absolute atomic E-state index is 0.180. The minimum Gasteiger partial charge on any atom is -0.378 e. The summed E-state index contributed by atoms with van der Waals surface area (Å²) in [7, 11) is 0. The fourth-order valence-corrected chi connectivity index (χ4v) is 12.2. The molecule has 7 N–H and O–H groups in total. The van der Waals surface area contributed by atoms with E-state index in [1.165, 1.54) is 122 Å². The van der Waals surface area contributed by atoms with Gasteiger partial charge in [-0.05, 0) is 157 Å². The van der Waals surface area contributed by atoms with Gasteiger partial charge in [-0.1, -0.05) is 85.5 Å². The molecule has 0 heterocycles. The van der Waals surface area contributed by atoms with E-state index in [1.54, 1.807) is 0 Å². The van der Waals surface area contributed by atoms with Crippen LogP contribution in [0.25, 0.3) is 0 Å². The molecule has 0 aromatic heterocycles. The highest BCUT2D eigenvalue weighted by molar-refractivity contribution is 5.15. The zero-order valence-electron chi connectivity index (χ0n) is 34.9. The molecule has 0 radical (unpaired) electrons. The molecule has 0 aromatic rings. The molecule has 0 spiro atoms. The smallest absolute Gasteiger partial charge is 0.0637 e. The van der Waals surface area contributed by atoms with Crippen LogP contribution in [-0.4, -0.2) is 70.9 Å². The van der Waals surface area contributed by atoms with Crippen molar-refractivity contribution < 1.29 is 14.2 Å². The third kappa shape index (κ3) is 11.9. The molecule has 7 nitrogen and oxygen atoms in total. The fourth-order valence-electron chi connectivity index (χ4n) is 12.2. The Morgan fingerprint density at radius 3 is 1.94 bits per heavy atom. The van der Waals surface area contributed by atoms with Gasteiger partial charge in [0, 0.05) is 25.2 Å². The summed E-state index contributed by atoms with van der Waals surface area (Å²) in [5.41, 5.74) is 18.3. The Morgan fingerprint density at radius 1 is 0.654 bits per heavy atom. The van der Waals surface area contributed by atoms with Crippen molar-refractivity contribution in [3.8, 4) is 0 Å². The number of hydrogen-bond donors (Lipinski definition) is 4. The average Bonchev–Trinajstić information content (AvgIpc) is 3.50. The van der Waals surface area contributed by atoms with Crippen molar-refractivity contribution in [2.24, 2.45) is 63.5 Å². The molecule has 11 atom stereocenters. The van der Waals surface area contributed by atoms with Gasteiger partial charge in [0.05, 0.1) is 18.3 Å². The van der Waals surface area contributed by atoms with Gasteiger partial charge in [-0.25, -0.2) is 0 Å². The molecule has 0 saturated heterocycles. The van der Waals surface area contributed by atoms with E-state index in [2.05, 4.69) is 33.0 Å². The van der Waals surface area contributed by atoms with E-state index in [0.717, 1.165) is 52.0 Å². The molecule has 3 unspecified atom stereocenters. The second-order valence-corrected chi connectivity index (χ2v) is 18.5. The average molecular weight is 733 g/mol. The summed E-state index contributed by atoms with van der Waals surface area (Å²) in [6.07, 6.45) is 29.1. The molecule has 4 rings (SSSR count). The third-order valence-electron chi connectivity index (χ3n) is 15.2. The number of fused-ring (bicyclic) bond motifs is 5. The van der Waals surface area contributed by atoms with Crippen LogP contribution in [0.5, 0.6) is 0 Å². The van der Waals surface area contributed by atoms with E-state index in [-0.39, 0.29) is 5.41 Å². The number of hydrogen-bond acceptors (Lipinski definition) is 7. The Morgan fingerprint density at radius 2 is 1.27 bits per heavy atom. The van der Waals surface area contributed by atoms with Gasteiger partial charge in [0.25, 0.3) is 0 Å². The molecule has 0 aliphatic heterocycles. The molecular weight excluding hydrogens is 645 g/mol.